The van der Waals surface area contributed by atoms with Gasteiger partial charge in [0, 0.05) is 25.4 Å². The molecule has 18 heavy (non-hydrogen) atoms. The van der Waals surface area contributed by atoms with Crippen LogP contribution in [0.15, 0.2) is 24.5 Å². The van der Waals surface area contributed by atoms with Crippen molar-refractivity contribution in [1.29, 1.82) is 0 Å². The lowest BCUT2D eigenvalue weighted by Crippen LogP contribution is -1.99. The summed E-state index contributed by atoms with van der Waals surface area (Å²) in [5.74, 6) is 1.23. The number of aromatic nitrogens is 2. The molecule has 0 saturated carbocycles. The van der Waals surface area contributed by atoms with Crippen molar-refractivity contribution in [3.05, 3.63) is 24.5 Å². The van der Waals surface area contributed by atoms with Crippen LogP contribution in [0, 0.1) is 0 Å². The van der Waals surface area contributed by atoms with Crippen LogP contribution >= 0.6 is 0 Å². The molecule has 1 aromatic heterocycles. The maximum Gasteiger partial charge on any atom is 0.162 e. The van der Waals surface area contributed by atoms with E-state index in [4.69, 9.17) is 15.2 Å². The van der Waals surface area contributed by atoms with Crippen molar-refractivity contribution in [2.45, 2.75) is 0 Å². The van der Waals surface area contributed by atoms with E-state index < -0.39 is 0 Å². The van der Waals surface area contributed by atoms with Crippen molar-refractivity contribution >= 4 is 17.1 Å². The standard InChI is InChI=1S/C12H16N4O2/c1-16-7-8(6-14-16)15-10-5-12(18-3)11(17-2)4-9(10)13/h4-7,15H,13H2,1-3H3. The highest BCUT2D eigenvalue weighted by atomic mass is 16.5. The number of nitrogen functional groups attached to an aromatic ring is 1. The zero-order valence-corrected chi connectivity index (χ0v) is 10.6. The van der Waals surface area contributed by atoms with Gasteiger partial charge in [-0.1, -0.05) is 0 Å². The van der Waals surface area contributed by atoms with Gasteiger partial charge < -0.3 is 20.5 Å². The van der Waals surface area contributed by atoms with Crippen LogP contribution in [0.2, 0.25) is 0 Å². The third-order valence-electron chi connectivity index (χ3n) is 2.54. The molecule has 0 saturated heterocycles. The fourth-order valence-corrected chi connectivity index (χ4v) is 1.64. The molecule has 0 unspecified atom stereocenters. The predicted molar refractivity (Wildman–Crippen MR) is 70.4 cm³/mol. The van der Waals surface area contributed by atoms with Gasteiger partial charge in [-0.2, -0.15) is 5.10 Å². The summed E-state index contributed by atoms with van der Waals surface area (Å²) in [5.41, 5.74) is 8.14. The van der Waals surface area contributed by atoms with Gasteiger partial charge in [0.2, 0.25) is 0 Å². The third kappa shape index (κ3) is 2.32. The van der Waals surface area contributed by atoms with Gasteiger partial charge in [-0.15, -0.1) is 0 Å². The zero-order chi connectivity index (χ0) is 13.1. The summed E-state index contributed by atoms with van der Waals surface area (Å²) in [6.45, 7) is 0. The van der Waals surface area contributed by atoms with Crippen LogP contribution in [0.1, 0.15) is 0 Å². The number of benzene rings is 1. The molecule has 0 aliphatic rings. The first-order valence-corrected chi connectivity index (χ1v) is 5.41. The van der Waals surface area contributed by atoms with Crippen molar-refractivity contribution in [2.75, 3.05) is 25.3 Å². The van der Waals surface area contributed by atoms with E-state index in [0.717, 1.165) is 11.4 Å². The molecule has 1 heterocycles. The van der Waals surface area contributed by atoms with E-state index in [2.05, 4.69) is 10.4 Å². The summed E-state index contributed by atoms with van der Waals surface area (Å²) in [5, 5.41) is 7.25. The van der Waals surface area contributed by atoms with Crippen molar-refractivity contribution in [2.24, 2.45) is 7.05 Å². The van der Waals surface area contributed by atoms with E-state index in [1.807, 2.05) is 13.2 Å². The number of hydrogen-bond acceptors (Lipinski definition) is 5. The summed E-state index contributed by atoms with van der Waals surface area (Å²) in [4.78, 5) is 0. The van der Waals surface area contributed by atoms with Crippen LogP contribution in [0.25, 0.3) is 0 Å². The highest BCUT2D eigenvalue weighted by molar-refractivity contribution is 5.76. The minimum Gasteiger partial charge on any atom is -0.493 e. The fourth-order valence-electron chi connectivity index (χ4n) is 1.64. The van der Waals surface area contributed by atoms with E-state index in [0.29, 0.717) is 17.2 Å². The topological polar surface area (TPSA) is 74.3 Å². The van der Waals surface area contributed by atoms with Crippen LogP contribution in [0.4, 0.5) is 17.1 Å². The Morgan fingerprint density at radius 1 is 1.22 bits per heavy atom. The van der Waals surface area contributed by atoms with Crippen molar-refractivity contribution in [3.8, 4) is 11.5 Å². The van der Waals surface area contributed by atoms with Crippen molar-refractivity contribution < 1.29 is 9.47 Å². The van der Waals surface area contributed by atoms with E-state index in [1.165, 1.54) is 0 Å². The van der Waals surface area contributed by atoms with Gasteiger partial charge in [0.25, 0.3) is 0 Å². The zero-order valence-electron chi connectivity index (χ0n) is 10.6. The predicted octanol–water partition coefficient (Wildman–Crippen LogP) is 1.76. The highest BCUT2D eigenvalue weighted by Crippen LogP contribution is 2.35. The van der Waals surface area contributed by atoms with E-state index in [1.54, 1.807) is 37.2 Å². The monoisotopic (exact) mass is 248 g/mol. The molecule has 2 aromatic rings. The first kappa shape index (κ1) is 12.1. The molecule has 6 heteroatoms. The number of ether oxygens (including phenoxy) is 2. The summed E-state index contributed by atoms with van der Waals surface area (Å²) >= 11 is 0. The molecular weight excluding hydrogens is 232 g/mol. The molecule has 0 atom stereocenters. The molecule has 0 amide bonds. The van der Waals surface area contributed by atoms with Gasteiger partial charge in [0.05, 0.1) is 37.5 Å². The maximum absolute atomic E-state index is 5.95. The van der Waals surface area contributed by atoms with Crippen molar-refractivity contribution in [1.82, 2.24) is 9.78 Å². The van der Waals surface area contributed by atoms with Crippen LogP contribution in [0.5, 0.6) is 11.5 Å². The minimum atomic E-state index is 0.580. The molecule has 96 valence electrons. The molecular formula is C12H16N4O2. The minimum absolute atomic E-state index is 0.580. The molecule has 0 aliphatic heterocycles. The lowest BCUT2D eigenvalue weighted by atomic mass is 10.2. The Bertz CT molecular complexity index is 551. The first-order chi connectivity index (χ1) is 8.63. The largest absolute Gasteiger partial charge is 0.493 e. The van der Waals surface area contributed by atoms with E-state index >= 15 is 0 Å². The second-order valence-electron chi connectivity index (χ2n) is 3.82. The number of anilines is 3. The number of nitrogens with two attached hydrogens (primary N) is 1. The van der Waals surface area contributed by atoms with Crippen molar-refractivity contribution in [3.63, 3.8) is 0 Å². The van der Waals surface area contributed by atoms with Crippen LogP contribution in [-0.4, -0.2) is 24.0 Å². The van der Waals surface area contributed by atoms with Gasteiger partial charge in [-0.05, 0) is 0 Å². The summed E-state index contributed by atoms with van der Waals surface area (Å²) in [6.07, 6.45) is 3.58. The van der Waals surface area contributed by atoms with E-state index in [9.17, 15) is 0 Å². The van der Waals surface area contributed by atoms with Gasteiger partial charge in [0.15, 0.2) is 11.5 Å². The van der Waals surface area contributed by atoms with Gasteiger partial charge in [-0.25, -0.2) is 0 Å². The lowest BCUT2D eigenvalue weighted by Gasteiger charge is -2.13. The van der Waals surface area contributed by atoms with Crippen LogP contribution in [0.3, 0.4) is 0 Å². The fraction of sp³-hybridized carbons (Fsp3) is 0.250. The Morgan fingerprint density at radius 3 is 2.44 bits per heavy atom. The maximum atomic E-state index is 5.95. The molecule has 0 radical (unpaired) electrons. The Labute approximate surface area is 105 Å². The molecule has 3 N–H and O–H groups in total. The molecule has 6 nitrogen and oxygen atoms in total. The molecule has 0 fully saturated rings. The number of rotatable bonds is 4. The average Bonchev–Trinajstić information content (AvgIpc) is 2.77. The molecule has 1 aromatic carbocycles. The molecule has 0 aliphatic carbocycles. The third-order valence-corrected chi connectivity index (χ3v) is 2.54. The SMILES string of the molecule is COc1cc(N)c(Nc2cnn(C)c2)cc1OC. The Morgan fingerprint density at radius 2 is 1.89 bits per heavy atom. The number of hydrogen-bond donors (Lipinski definition) is 2. The number of nitrogens with one attached hydrogen (secondary N) is 1. The van der Waals surface area contributed by atoms with Crippen LogP contribution in [-0.2, 0) is 7.05 Å². The van der Waals surface area contributed by atoms with Crippen LogP contribution < -0.4 is 20.5 Å². The summed E-state index contributed by atoms with van der Waals surface area (Å²) in [7, 11) is 5.01. The Hall–Kier alpha value is -2.37. The molecule has 0 bridgehead atoms. The normalized spacial score (nSPS) is 10.2. The summed E-state index contributed by atoms with van der Waals surface area (Å²) < 4.78 is 12.1. The second-order valence-corrected chi connectivity index (χ2v) is 3.82. The quantitative estimate of drug-likeness (QED) is 0.806. The Balaban J connectivity index is 2.33. The van der Waals surface area contributed by atoms with Gasteiger partial charge in [0.1, 0.15) is 0 Å². The number of nitrogens with zero attached hydrogens (tertiary/aromatic N) is 2. The second kappa shape index (κ2) is 4.87. The Kier molecular flexibility index (Phi) is 3.27. The first-order valence-electron chi connectivity index (χ1n) is 5.41. The smallest absolute Gasteiger partial charge is 0.162 e. The lowest BCUT2D eigenvalue weighted by molar-refractivity contribution is 0.355. The summed E-state index contributed by atoms with van der Waals surface area (Å²) in [6, 6.07) is 3.51. The highest BCUT2D eigenvalue weighted by Gasteiger charge is 2.09. The molecule has 0 spiro atoms. The van der Waals surface area contributed by atoms with Gasteiger partial charge >= 0.3 is 0 Å². The van der Waals surface area contributed by atoms with Gasteiger partial charge in [-0.3, -0.25) is 4.68 Å². The molecule has 2 rings (SSSR count). The number of aryl methyl sites for hydroxylation is 1. The number of methoxy groups -OCH3 is 2. The van der Waals surface area contributed by atoms with E-state index in [-0.39, 0.29) is 0 Å². The average molecular weight is 248 g/mol.